The summed E-state index contributed by atoms with van der Waals surface area (Å²) in [5.41, 5.74) is -5.04. The van der Waals surface area contributed by atoms with Gasteiger partial charge in [0.15, 0.2) is 0 Å². The molecule has 114 valence electrons. The molecule has 21 heavy (non-hydrogen) atoms. The van der Waals surface area contributed by atoms with Crippen LogP contribution in [0.2, 0.25) is 0 Å². The van der Waals surface area contributed by atoms with Crippen LogP contribution in [0, 0.1) is 0 Å². The highest BCUT2D eigenvalue weighted by molar-refractivity contribution is 7.87. The van der Waals surface area contributed by atoms with Crippen LogP contribution in [-0.2, 0) is 23.8 Å². The lowest BCUT2D eigenvalue weighted by molar-refractivity contribution is -0.145. The number of ether oxygens (including phenoxy) is 1. The number of cyclic esters (lactones) is 1. The molecule has 0 aliphatic carbocycles. The molecule has 9 heteroatoms. The number of carbonyl (C=O) groups is 1. The average molecular weight is 322 g/mol. The summed E-state index contributed by atoms with van der Waals surface area (Å²) in [4.78, 5) is 11.3. The van der Waals surface area contributed by atoms with Crippen molar-refractivity contribution in [2.24, 2.45) is 0 Å². The van der Waals surface area contributed by atoms with Crippen LogP contribution in [0.3, 0.4) is 0 Å². The van der Waals surface area contributed by atoms with Crippen molar-refractivity contribution in [3.63, 3.8) is 0 Å². The molecule has 1 aromatic rings. The number of rotatable bonds is 3. The van der Waals surface area contributed by atoms with Gasteiger partial charge in [0.25, 0.3) is 0 Å². The monoisotopic (exact) mass is 322 g/mol. The smallest absolute Gasteiger partial charge is 0.454 e. The summed E-state index contributed by atoms with van der Waals surface area (Å²) in [5, 5.41) is 0. The number of carbonyl (C=O) groups excluding carboxylic acids is 1. The van der Waals surface area contributed by atoms with Crippen LogP contribution in [0.15, 0.2) is 42.2 Å². The zero-order valence-corrected chi connectivity index (χ0v) is 11.1. The average Bonchev–Trinajstić information content (AvgIpc) is 2.37. The van der Waals surface area contributed by atoms with Gasteiger partial charge >= 0.3 is 21.6 Å². The van der Waals surface area contributed by atoms with Crippen molar-refractivity contribution in [3.05, 3.63) is 47.7 Å². The zero-order valence-electron chi connectivity index (χ0n) is 10.3. The second-order valence-corrected chi connectivity index (χ2v) is 5.67. The van der Waals surface area contributed by atoms with Gasteiger partial charge in [0.2, 0.25) is 0 Å². The van der Waals surface area contributed by atoms with Crippen LogP contribution in [0.5, 0.6) is 0 Å². The Bertz CT molecular complexity index is 664. The quantitative estimate of drug-likeness (QED) is 0.486. The van der Waals surface area contributed by atoms with Gasteiger partial charge in [0, 0.05) is 6.42 Å². The van der Waals surface area contributed by atoms with E-state index >= 15 is 0 Å². The van der Waals surface area contributed by atoms with Crippen molar-refractivity contribution in [1.29, 1.82) is 0 Å². The molecule has 1 heterocycles. The van der Waals surface area contributed by atoms with E-state index in [-0.39, 0.29) is 6.42 Å². The summed E-state index contributed by atoms with van der Waals surface area (Å²) < 4.78 is 67.5. The third kappa shape index (κ3) is 3.54. The van der Waals surface area contributed by atoms with Crippen molar-refractivity contribution in [1.82, 2.24) is 0 Å². The molecule has 1 aliphatic heterocycles. The lowest BCUT2D eigenvalue weighted by Crippen LogP contribution is -2.27. The van der Waals surface area contributed by atoms with E-state index in [2.05, 4.69) is 4.18 Å². The largest absolute Gasteiger partial charge is 0.534 e. The van der Waals surface area contributed by atoms with Crippen molar-refractivity contribution < 1.29 is 35.3 Å². The summed E-state index contributed by atoms with van der Waals surface area (Å²) in [5.74, 6) is -1.58. The minimum Gasteiger partial charge on any atom is -0.454 e. The van der Waals surface area contributed by atoms with Gasteiger partial charge in [-0.25, -0.2) is 4.79 Å². The van der Waals surface area contributed by atoms with Gasteiger partial charge in [-0.15, -0.1) is 0 Å². The maximum absolute atomic E-state index is 12.2. The van der Waals surface area contributed by atoms with Crippen LogP contribution >= 0.6 is 0 Å². The van der Waals surface area contributed by atoms with E-state index in [1.165, 1.54) is 0 Å². The van der Waals surface area contributed by atoms with E-state index in [1.54, 1.807) is 30.3 Å². The maximum atomic E-state index is 12.2. The predicted molar refractivity (Wildman–Crippen MR) is 64.0 cm³/mol. The first kappa shape index (κ1) is 15.4. The zero-order chi connectivity index (χ0) is 15.7. The van der Waals surface area contributed by atoms with Gasteiger partial charge in [-0.1, -0.05) is 30.3 Å². The first-order chi connectivity index (χ1) is 9.69. The number of halogens is 3. The Morgan fingerprint density at radius 1 is 1.19 bits per heavy atom. The third-order valence-corrected chi connectivity index (χ3v) is 3.60. The normalized spacial score (nSPS) is 19.7. The summed E-state index contributed by atoms with van der Waals surface area (Å²) in [7, 11) is -5.80. The van der Waals surface area contributed by atoms with Gasteiger partial charge in [-0.3, -0.25) is 0 Å². The molecule has 5 nitrogen and oxygen atoms in total. The first-order valence-electron chi connectivity index (χ1n) is 5.66. The Labute approximate surface area is 118 Å². The van der Waals surface area contributed by atoms with Gasteiger partial charge in [0.1, 0.15) is 11.9 Å². The van der Waals surface area contributed by atoms with Crippen LogP contribution in [0.4, 0.5) is 13.2 Å². The highest BCUT2D eigenvalue weighted by atomic mass is 32.2. The molecule has 1 aliphatic rings. The van der Waals surface area contributed by atoms with Crippen molar-refractivity contribution in [2.75, 3.05) is 0 Å². The standard InChI is InChI=1S/C12H9F3O5S/c13-12(14,15)21(17,18)20-9-6-10(19-11(16)7-9)8-4-2-1-3-5-8/h1-5,7,10H,6H2/t10-/m1/s1. The van der Waals surface area contributed by atoms with Crippen LogP contribution in [0.1, 0.15) is 18.1 Å². The second kappa shape index (κ2) is 5.40. The second-order valence-electron chi connectivity index (χ2n) is 4.13. The Kier molecular flexibility index (Phi) is 3.95. The molecule has 0 unspecified atom stereocenters. The number of esters is 1. The molecule has 0 saturated heterocycles. The highest BCUT2D eigenvalue weighted by Gasteiger charge is 2.49. The maximum Gasteiger partial charge on any atom is 0.534 e. The van der Waals surface area contributed by atoms with E-state index in [9.17, 15) is 26.4 Å². The Balaban J connectivity index is 2.21. The van der Waals surface area contributed by atoms with Crippen LogP contribution in [0.25, 0.3) is 0 Å². The van der Waals surface area contributed by atoms with E-state index in [0.29, 0.717) is 11.6 Å². The third-order valence-electron chi connectivity index (χ3n) is 2.60. The first-order valence-corrected chi connectivity index (χ1v) is 7.07. The Hall–Kier alpha value is -2.03. The number of hydrogen-bond acceptors (Lipinski definition) is 5. The fraction of sp³-hybridized carbons (Fsp3) is 0.250. The summed E-state index contributed by atoms with van der Waals surface area (Å²) in [6.45, 7) is 0. The number of benzene rings is 1. The molecule has 0 bridgehead atoms. The molecular formula is C12H9F3O5S. The topological polar surface area (TPSA) is 69.7 Å². The number of alkyl halides is 3. The van der Waals surface area contributed by atoms with Gasteiger partial charge in [-0.2, -0.15) is 21.6 Å². The molecule has 0 amide bonds. The Morgan fingerprint density at radius 2 is 1.81 bits per heavy atom. The minimum atomic E-state index is -5.80. The summed E-state index contributed by atoms with van der Waals surface area (Å²) in [6.07, 6.45) is -0.615. The van der Waals surface area contributed by atoms with E-state index < -0.39 is 33.5 Å². The molecule has 1 aromatic carbocycles. The fourth-order valence-corrected chi connectivity index (χ4v) is 2.18. The minimum absolute atomic E-state index is 0.301. The predicted octanol–water partition coefficient (Wildman–Crippen LogP) is 2.42. The van der Waals surface area contributed by atoms with E-state index in [0.717, 1.165) is 0 Å². The number of hydrogen-bond donors (Lipinski definition) is 0. The lowest BCUT2D eigenvalue weighted by atomic mass is 10.0. The van der Waals surface area contributed by atoms with Crippen molar-refractivity contribution in [2.45, 2.75) is 18.0 Å². The SMILES string of the molecule is O=C1C=C(OS(=O)(=O)C(F)(F)F)C[C@H](c2ccccc2)O1. The Morgan fingerprint density at radius 3 is 2.38 bits per heavy atom. The molecule has 0 fully saturated rings. The molecule has 0 saturated carbocycles. The molecule has 0 radical (unpaired) electrons. The molecule has 2 rings (SSSR count). The molecule has 0 aromatic heterocycles. The van der Waals surface area contributed by atoms with Crippen molar-refractivity contribution in [3.8, 4) is 0 Å². The van der Waals surface area contributed by atoms with Crippen LogP contribution in [-0.4, -0.2) is 19.9 Å². The van der Waals surface area contributed by atoms with Gasteiger partial charge in [0.05, 0.1) is 6.08 Å². The molecule has 0 spiro atoms. The lowest BCUT2D eigenvalue weighted by Gasteiger charge is -2.23. The van der Waals surface area contributed by atoms with E-state index in [1.807, 2.05) is 0 Å². The highest BCUT2D eigenvalue weighted by Crippen LogP contribution is 2.33. The summed E-state index contributed by atoms with van der Waals surface area (Å²) >= 11 is 0. The summed E-state index contributed by atoms with van der Waals surface area (Å²) in [6, 6.07) is 8.19. The fourth-order valence-electron chi connectivity index (χ4n) is 1.69. The van der Waals surface area contributed by atoms with Gasteiger partial charge in [-0.05, 0) is 5.56 Å². The van der Waals surface area contributed by atoms with Crippen molar-refractivity contribution >= 4 is 16.1 Å². The van der Waals surface area contributed by atoms with Crippen LogP contribution < -0.4 is 0 Å². The molecule has 1 atom stereocenters. The molecular weight excluding hydrogens is 313 g/mol. The molecule has 0 N–H and O–H groups in total. The van der Waals surface area contributed by atoms with Gasteiger partial charge < -0.3 is 8.92 Å². The van der Waals surface area contributed by atoms with E-state index in [4.69, 9.17) is 4.74 Å².